The van der Waals surface area contributed by atoms with Gasteiger partial charge in [0.2, 0.25) is 0 Å². The molecular weight excluding hydrogens is 425 g/mol. The summed E-state index contributed by atoms with van der Waals surface area (Å²) in [6.45, 7) is 6.00. The fraction of sp³-hybridized carbons (Fsp3) is 0.625. The molecular formula is C16H28IN3O4. The minimum Gasteiger partial charge on any atom is -0.467 e. The number of esters is 1. The van der Waals surface area contributed by atoms with E-state index in [0.29, 0.717) is 32.1 Å². The van der Waals surface area contributed by atoms with Gasteiger partial charge in [-0.2, -0.15) is 0 Å². The lowest BCUT2D eigenvalue weighted by Gasteiger charge is -2.12. The van der Waals surface area contributed by atoms with Crippen molar-refractivity contribution in [3.63, 3.8) is 0 Å². The smallest absolute Gasteiger partial charge is 0.307 e. The Labute approximate surface area is 160 Å². The zero-order chi connectivity index (χ0) is 16.9. The van der Waals surface area contributed by atoms with Crippen molar-refractivity contribution in [3.8, 4) is 0 Å². The Bertz CT molecular complexity index is 464. The quantitative estimate of drug-likeness (QED) is 0.186. The van der Waals surface area contributed by atoms with E-state index in [9.17, 15) is 4.79 Å². The summed E-state index contributed by atoms with van der Waals surface area (Å²) in [6.07, 6.45) is 2.70. The van der Waals surface area contributed by atoms with Crippen LogP contribution in [0.1, 0.15) is 32.4 Å². The van der Waals surface area contributed by atoms with Gasteiger partial charge in [0.1, 0.15) is 12.4 Å². The van der Waals surface area contributed by atoms with E-state index in [2.05, 4.69) is 15.6 Å². The highest BCUT2D eigenvalue weighted by molar-refractivity contribution is 14.0. The first-order chi connectivity index (χ1) is 11.1. The zero-order valence-electron chi connectivity index (χ0n) is 14.5. The second-order valence-corrected chi connectivity index (χ2v) is 5.20. The van der Waals surface area contributed by atoms with Crippen LogP contribution < -0.4 is 10.6 Å². The van der Waals surface area contributed by atoms with Crippen molar-refractivity contribution in [1.29, 1.82) is 0 Å². The molecule has 2 N–H and O–H groups in total. The summed E-state index contributed by atoms with van der Waals surface area (Å²) < 4.78 is 15.7. The van der Waals surface area contributed by atoms with E-state index >= 15 is 0 Å². The third-order valence-electron chi connectivity index (χ3n) is 2.79. The topological polar surface area (TPSA) is 85.1 Å². The first-order valence-electron chi connectivity index (χ1n) is 7.86. The van der Waals surface area contributed by atoms with Gasteiger partial charge >= 0.3 is 5.97 Å². The van der Waals surface area contributed by atoms with Gasteiger partial charge in [-0.3, -0.25) is 9.79 Å². The fourth-order valence-corrected chi connectivity index (χ4v) is 1.77. The third-order valence-corrected chi connectivity index (χ3v) is 2.79. The Kier molecular flexibility index (Phi) is 13.3. The molecule has 0 aromatic carbocycles. The predicted molar refractivity (Wildman–Crippen MR) is 104 cm³/mol. The molecule has 1 aromatic heterocycles. The molecule has 138 valence electrons. The highest BCUT2D eigenvalue weighted by atomic mass is 127. The van der Waals surface area contributed by atoms with Gasteiger partial charge in [0.05, 0.1) is 18.8 Å². The molecule has 1 aromatic rings. The van der Waals surface area contributed by atoms with Crippen molar-refractivity contribution >= 4 is 35.9 Å². The van der Waals surface area contributed by atoms with E-state index in [4.69, 9.17) is 13.9 Å². The number of aliphatic imine (C=N–C) groups is 1. The molecule has 24 heavy (non-hydrogen) atoms. The molecule has 0 aliphatic heterocycles. The summed E-state index contributed by atoms with van der Waals surface area (Å²) in [5.74, 6) is 1.27. The average molecular weight is 453 g/mol. The summed E-state index contributed by atoms with van der Waals surface area (Å²) in [7, 11) is 1.69. The summed E-state index contributed by atoms with van der Waals surface area (Å²) in [5.41, 5.74) is 0. The number of hydrogen-bond acceptors (Lipinski definition) is 5. The first-order valence-corrected chi connectivity index (χ1v) is 7.86. The normalized spacial score (nSPS) is 11.1. The van der Waals surface area contributed by atoms with Crippen LogP contribution in [0.15, 0.2) is 27.8 Å². The number of halogens is 1. The lowest BCUT2D eigenvalue weighted by atomic mass is 10.4. The summed E-state index contributed by atoms with van der Waals surface area (Å²) >= 11 is 0. The summed E-state index contributed by atoms with van der Waals surface area (Å²) in [6, 6.07) is 3.72. The Morgan fingerprint density at radius 3 is 2.71 bits per heavy atom. The Balaban J connectivity index is 0.00000529. The number of carbonyl (C=O) groups is 1. The van der Waals surface area contributed by atoms with Gasteiger partial charge in [0, 0.05) is 26.7 Å². The zero-order valence-corrected chi connectivity index (χ0v) is 16.9. The SMILES string of the molecule is CN=C(NCCCOCc1ccco1)NCCC(=O)OC(C)C.I. The third kappa shape index (κ3) is 11.3. The van der Waals surface area contributed by atoms with Crippen molar-refractivity contribution in [2.45, 2.75) is 39.4 Å². The standard InChI is InChI=1S/C16H27N3O4.HI/c1-13(2)23-15(20)7-9-19-16(17-3)18-8-5-10-21-12-14-6-4-11-22-14;/h4,6,11,13H,5,7-10,12H2,1-3H3,(H2,17,18,19);1H. The summed E-state index contributed by atoms with van der Waals surface area (Å²) in [4.78, 5) is 15.5. The maximum atomic E-state index is 11.4. The van der Waals surface area contributed by atoms with E-state index < -0.39 is 0 Å². The molecule has 0 saturated carbocycles. The number of ether oxygens (including phenoxy) is 2. The van der Waals surface area contributed by atoms with Crippen molar-refractivity contribution in [3.05, 3.63) is 24.2 Å². The fourth-order valence-electron chi connectivity index (χ4n) is 1.77. The minimum atomic E-state index is -0.214. The first kappa shape index (κ1) is 22.7. The number of furan rings is 1. The predicted octanol–water partition coefficient (Wildman–Crippen LogP) is 2.31. The van der Waals surface area contributed by atoms with E-state index in [1.165, 1.54) is 0 Å². The average Bonchev–Trinajstić information content (AvgIpc) is 3.01. The minimum absolute atomic E-state index is 0. The second-order valence-electron chi connectivity index (χ2n) is 5.20. The molecule has 0 radical (unpaired) electrons. The van der Waals surface area contributed by atoms with Crippen LogP contribution in [-0.4, -0.2) is 44.8 Å². The van der Waals surface area contributed by atoms with Gasteiger partial charge < -0.3 is 24.5 Å². The monoisotopic (exact) mass is 453 g/mol. The van der Waals surface area contributed by atoms with Gasteiger partial charge in [0.25, 0.3) is 0 Å². The molecule has 1 rings (SSSR count). The molecule has 0 aliphatic carbocycles. The Hall–Kier alpha value is -1.29. The number of carbonyl (C=O) groups excluding carboxylic acids is 1. The molecule has 1 heterocycles. The maximum Gasteiger partial charge on any atom is 0.307 e. The molecule has 0 aliphatic rings. The van der Waals surface area contributed by atoms with E-state index in [1.807, 2.05) is 26.0 Å². The van der Waals surface area contributed by atoms with Crippen LogP contribution >= 0.6 is 24.0 Å². The van der Waals surface area contributed by atoms with Gasteiger partial charge in [-0.05, 0) is 32.4 Å². The van der Waals surface area contributed by atoms with Gasteiger partial charge in [-0.15, -0.1) is 24.0 Å². The van der Waals surface area contributed by atoms with Crippen LogP contribution in [0.3, 0.4) is 0 Å². The van der Waals surface area contributed by atoms with Crippen LogP contribution in [-0.2, 0) is 20.9 Å². The van der Waals surface area contributed by atoms with Crippen molar-refractivity contribution in [1.82, 2.24) is 10.6 Å². The molecule has 0 atom stereocenters. The number of nitrogens with one attached hydrogen (secondary N) is 2. The van der Waals surface area contributed by atoms with E-state index in [-0.39, 0.29) is 36.0 Å². The van der Waals surface area contributed by atoms with E-state index in [0.717, 1.165) is 18.7 Å². The molecule has 0 saturated heterocycles. The molecule has 0 spiro atoms. The van der Waals surface area contributed by atoms with Crippen LogP contribution in [0, 0.1) is 0 Å². The second kappa shape index (κ2) is 14.1. The van der Waals surface area contributed by atoms with Crippen LogP contribution in [0.4, 0.5) is 0 Å². The van der Waals surface area contributed by atoms with Crippen molar-refractivity contribution < 1.29 is 18.7 Å². The molecule has 7 nitrogen and oxygen atoms in total. The molecule has 0 bridgehead atoms. The van der Waals surface area contributed by atoms with Gasteiger partial charge in [-0.25, -0.2) is 0 Å². The number of nitrogens with zero attached hydrogens (tertiary/aromatic N) is 1. The van der Waals surface area contributed by atoms with Crippen molar-refractivity contribution in [2.75, 3.05) is 26.7 Å². The van der Waals surface area contributed by atoms with Crippen LogP contribution in [0.5, 0.6) is 0 Å². The van der Waals surface area contributed by atoms with E-state index in [1.54, 1.807) is 13.3 Å². The highest BCUT2D eigenvalue weighted by Gasteiger charge is 2.05. The van der Waals surface area contributed by atoms with Gasteiger partial charge in [-0.1, -0.05) is 0 Å². The maximum absolute atomic E-state index is 11.4. The summed E-state index contributed by atoms with van der Waals surface area (Å²) in [5, 5.41) is 6.23. The molecule has 8 heteroatoms. The van der Waals surface area contributed by atoms with Crippen LogP contribution in [0.2, 0.25) is 0 Å². The molecule has 0 fully saturated rings. The molecule has 0 amide bonds. The lowest BCUT2D eigenvalue weighted by molar-refractivity contribution is -0.147. The Morgan fingerprint density at radius 2 is 2.08 bits per heavy atom. The Morgan fingerprint density at radius 1 is 1.33 bits per heavy atom. The lowest BCUT2D eigenvalue weighted by Crippen LogP contribution is -2.39. The highest BCUT2D eigenvalue weighted by Crippen LogP contribution is 2.01. The number of hydrogen-bond donors (Lipinski definition) is 2. The van der Waals surface area contributed by atoms with Crippen LogP contribution in [0.25, 0.3) is 0 Å². The molecule has 0 unspecified atom stereocenters. The van der Waals surface area contributed by atoms with Gasteiger partial charge in [0.15, 0.2) is 5.96 Å². The largest absolute Gasteiger partial charge is 0.467 e. The number of guanidine groups is 1. The number of rotatable bonds is 10. The van der Waals surface area contributed by atoms with Crippen molar-refractivity contribution in [2.24, 2.45) is 4.99 Å².